The molecule has 2 saturated heterocycles. The summed E-state index contributed by atoms with van der Waals surface area (Å²) in [5.41, 5.74) is 0.436. The SMILES string of the molecule is CC1(C)CCN(CC(O)C2CCOC2)C1. The molecule has 2 heterocycles. The highest BCUT2D eigenvalue weighted by molar-refractivity contribution is 4.85. The molecule has 2 unspecified atom stereocenters. The minimum absolute atomic E-state index is 0.193. The molecule has 0 aromatic rings. The lowest BCUT2D eigenvalue weighted by molar-refractivity contribution is 0.0603. The molecule has 2 aliphatic rings. The Hall–Kier alpha value is -0.120. The molecule has 1 N–H and O–H groups in total. The van der Waals surface area contributed by atoms with Gasteiger partial charge in [0, 0.05) is 25.6 Å². The van der Waals surface area contributed by atoms with E-state index in [1.165, 1.54) is 6.42 Å². The number of ether oxygens (including phenoxy) is 1. The van der Waals surface area contributed by atoms with Crippen molar-refractivity contribution in [2.45, 2.75) is 32.8 Å². The second-order valence-electron chi connectivity index (χ2n) is 5.84. The molecular weight excluding hydrogens is 190 g/mol. The summed E-state index contributed by atoms with van der Waals surface area (Å²) in [4.78, 5) is 2.39. The van der Waals surface area contributed by atoms with Crippen molar-refractivity contribution in [1.82, 2.24) is 4.90 Å². The fourth-order valence-electron chi connectivity index (χ4n) is 2.65. The summed E-state index contributed by atoms with van der Waals surface area (Å²) in [6.45, 7) is 9.27. The number of β-amino-alcohol motifs (C(OH)–C–C–N with tert-alkyl or cyclic N) is 1. The lowest BCUT2D eigenvalue weighted by Gasteiger charge is -2.24. The van der Waals surface area contributed by atoms with Crippen LogP contribution >= 0.6 is 0 Å². The van der Waals surface area contributed by atoms with Gasteiger partial charge in [0.15, 0.2) is 0 Å². The Morgan fingerprint density at radius 2 is 2.33 bits per heavy atom. The van der Waals surface area contributed by atoms with Crippen LogP contribution in [0.15, 0.2) is 0 Å². The summed E-state index contributed by atoms with van der Waals surface area (Å²) in [6, 6.07) is 0. The van der Waals surface area contributed by atoms with E-state index in [1.807, 2.05) is 0 Å². The van der Waals surface area contributed by atoms with E-state index in [9.17, 15) is 5.11 Å². The molecule has 0 aromatic heterocycles. The first-order valence-electron chi connectivity index (χ1n) is 6.05. The molecule has 88 valence electrons. The standard InChI is InChI=1S/C12H23NO2/c1-12(2)4-5-13(9-12)7-11(14)10-3-6-15-8-10/h10-11,14H,3-9H2,1-2H3. The van der Waals surface area contributed by atoms with Crippen LogP contribution in [0.4, 0.5) is 0 Å². The van der Waals surface area contributed by atoms with Crippen LogP contribution in [0.1, 0.15) is 26.7 Å². The van der Waals surface area contributed by atoms with Crippen molar-refractivity contribution in [2.24, 2.45) is 11.3 Å². The van der Waals surface area contributed by atoms with E-state index in [2.05, 4.69) is 18.7 Å². The summed E-state index contributed by atoms with van der Waals surface area (Å²) < 4.78 is 5.31. The summed E-state index contributed by atoms with van der Waals surface area (Å²) in [6.07, 6.45) is 2.08. The number of aliphatic hydroxyl groups is 1. The van der Waals surface area contributed by atoms with Crippen LogP contribution in [0.3, 0.4) is 0 Å². The highest BCUT2D eigenvalue weighted by Crippen LogP contribution is 2.29. The summed E-state index contributed by atoms with van der Waals surface area (Å²) in [5.74, 6) is 0.369. The first-order valence-corrected chi connectivity index (χ1v) is 6.05. The Balaban J connectivity index is 1.77. The Morgan fingerprint density at radius 1 is 1.53 bits per heavy atom. The third-order valence-corrected chi connectivity index (χ3v) is 3.71. The fourth-order valence-corrected chi connectivity index (χ4v) is 2.65. The zero-order valence-corrected chi connectivity index (χ0v) is 9.91. The zero-order chi connectivity index (χ0) is 10.9. The Morgan fingerprint density at radius 3 is 2.87 bits per heavy atom. The molecule has 0 aromatic carbocycles. The molecule has 0 saturated carbocycles. The van der Waals surface area contributed by atoms with E-state index < -0.39 is 0 Å². The quantitative estimate of drug-likeness (QED) is 0.762. The third-order valence-electron chi connectivity index (χ3n) is 3.71. The maximum atomic E-state index is 10.1. The summed E-state index contributed by atoms with van der Waals surface area (Å²) in [5, 5.41) is 10.1. The largest absolute Gasteiger partial charge is 0.391 e. The van der Waals surface area contributed by atoms with Crippen LogP contribution in [-0.2, 0) is 4.74 Å². The third kappa shape index (κ3) is 2.92. The van der Waals surface area contributed by atoms with Crippen LogP contribution in [0.25, 0.3) is 0 Å². The van der Waals surface area contributed by atoms with E-state index in [0.717, 1.165) is 39.3 Å². The number of hydrogen-bond acceptors (Lipinski definition) is 3. The van der Waals surface area contributed by atoms with Crippen molar-refractivity contribution >= 4 is 0 Å². The lowest BCUT2D eigenvalue weighted by Crippen LogP contribution is -2.36. The van der Waals surface area contributed by atoms with Gasteiger partial charge in [-0.3, -0.25) is 0 Å². The first-order chi connectivity index (χ1) is 7.07. The van der Waals surface area contributed by atoms with Gasteiger partial charge in [0.1, 0.15) is 0 Å². The van der Waals surface area contributed by atoms with Crippen molar-refractivity contribution in [3.63, 3.8) is 0 Å². The molecule has 2 atom stereocenters. The number of hydrogen-bond donors (Lipinski definition) is 1. The van der Waals surface area contributed by atoms with Gasteiger partial charge in [-0.15, -0.1) is 0 Å². The van der Waals surface area contributed by atoms with Crippen LogP contribution < -0.4 is 0 Å². The molecule has 15 heavy (non-hydrogen) atoms. The summed E-state index contributed by atoms with van der Waals surface area (Å²) in [7, 11) is 0. The van der Waals surface area contributed by atoms with E-state index in [0.29, 0.717) is 11.3 Å². The van der Waals surface area contributed by atoms with Gasteiger partial charge in [0.25, 0.3) is 0 Å². The molecule has 2 aliphatic heterocycles. The average Bonchev–Trinajstić information content (AvgIpc) is 2.74. The van der Waals surface area contributed by atoms with Crippen molar-refractivity contribution in [2.75, 3.05) is 32.8 Å². The Bertz CT molecular complexity index is 212. The molecule has 0 bridgehead atoms. The van der Waals surface area contributed by atoms with Gasteiger partial charge in [-0.1, -0.05) is 13.8 Å². The first kappa shape index (κ1) is 11.4. The van der Waals surface area contributed by atoms with Gasteiger partial charge >= 0.3 is 0 Å². The van der Waals surface area contributed by atoms with Gasteiger partial charge in [-0.25, -0.2) is 0 Å². The fraction of sp³-hybridized carbons (Fsp3) is 1.00. The predicted molar refractivity (Wildman–Crippen MR) is 59.8 cm³/mol. The average molecular weight is 213 g/mol. The van der Waals surface area contributed by atoms with Crippen LogP contribution in [0.5, 0.6) is 0 Å². The van der Waals surface area contributed by atoms with E-state index in [-0.39, 0.29) is 6.10 Å². The van der Waals surface area contributed by atoms with Gasteiger partial charge in [-0.2, -0.15) is 0 Å². The highest BCUT2D eigenvalue weighted by atomic mass is 16.5. The second-order valence-corrected chi connectivity index (χ2v) is 5.84. The van der Waals surface area contributed by atoms with Gasteiger partial charge < -0.3 is 14.7 Å². The molecule has 0 spiro atoms. The number of nitrogens with zero attached hydrogens (tertiary/aromatic N) is 1. The van der Waals surface area contributed by atoms with Crippen LogP contribution in [0, 0.1) is 11.3 Å². The predicted octanol–water partition coefficient (Wildman–Crippen LogP) is 1.12. The molecule has 3 heteroatoms. The minimum atomic E-state index is -0.193. The normalized spacial score (nSPS) is 33.4. The molecular formula is C12H23NO2. The monoisotopic (exact) mass is 213 g/mol. The number of rotatable bonds is 3. The van der Waals surface area contributed by atoms with Crippen LogP contribution in [-0.4, -0.2) is 49.0 Å². The maximum Gasteiger partial charge on any atom is 0.0718 e. The summed E-state index contributed by atoms with van der Waals surface area (Å²) >= 11 is 0. The van der Waals surface area contributed by atoms with Crippen LogP contribution in [0.2, 0.25) is 0 Å². The lowest BCUT2D eigenvalue weighted by atomic mass is 9.93. The number of aliphatic hydroxyl groups excluding tert-OH is 1. The number of likely N-dealkylation sites (tertiary alicyclic amines) is 1. The highest BCUT2D eigenvalue weighted by Gasteiger charge is 2.32. The van der Waals surface area contributed by atoms with Crippen molar-refractivity contribution in [3.05, 3.63) is 0 Å². The van der Waals surface area contributed by atoms with Gasteiger partial charge in [0.05, 0.1) is 12.7 Å². The maximum absolute atomic E-state index is 10.1. The topological polar surface area (TPSA) is 32.7 Å². The van der Waals surface area contributed by atoms with Gasteiger partial charge in [0.2, 0.25) is 0 Å². The Kier molecular flexibility index (Phi) is 3.33. The van der Waals surface area contributed by atoms with Crippen molar-refractivity contribution < 1.29 is 9.84 Å². The smallest absolute Gasteiger partial charge is 0.0718 e. The second kappa shape index (κ2) is 4.40. The van der Waals surface area contributed by atoms with Gasteiger partial charge in [-0.05, 0) is 24.8 Å². The minimum Gasteiger partial charge on any atom is -0.391 e. The molecule has 2 rings (SSSR count). The zero-order valence-electron chi connectivity index (χ0n) is 9.91. The van der Waals surface area contributed by atoms with E-state index in [1.54, 1.807) is 0 Å². The van der Waals surface area contributed by atoms with E-state index >= 15 is 0 Å². The Labute approximate surface area is 92.4 Å². The molecule has 2 fully saturated rings. The molecule has 0 radical (unpaired) electrons. The molecule has 0 aliphatic carbocycles. The molecule has 0 amide bonds. The van der Waals surface area contributed by atoms with Crippen molar-refractivity contribution in [1.29, 1.82) is 0 Å². The molecule has 3 nitrogen and oxygen atoms in total. The van der Waals surface area contributed by atoms with E-state index in [4.69, 9.17) is 4.74 Å². The van der Waals surface area contributed by atoms with Crippen molar-refractivity contribution in [3.8, 4) is 0 Å².